The summed E-state index contributed by atoms with van der Waals surface area (Å²) in [7, 11) is 2.24. The molecule has 2 heterocycles. The maximum atomic E-state index is 10.5. The van der Waals surface area contributed by atoms with Gasteiger partial charge in [0.1, 0.15) is 18.0 Å². The van der Waals surface area contributed by atoms with Gasteiger partial charge in [-0.3, -0.25) is 0 Å². The fourth-order valence-corrected chi connectivity index (χ4v) is 5.39. The van der Waals surface area contributed by atoms with Crippen molar-refractivity contribution in [1.29, 1.82) is 0 Å². The lowest BCUT2D eigenvalue weighted by Crippen LogP contribution is -2.64. The molecule has 0 aromatic heterocycles. The smallest absolute Gasteiger partial charge is 0.138 e. The van der Waals surface area contributed by atoms with Gasteiger partial charge in [-0.1, -0.05) is 24.3 Å². The van der Waals surface area contributed by atoms with Crippen LogP contribution in [0.4, 0.5) is 0 Å². The Hall–Kier alpha value is -1.32. The molecular formula is C18H21NO2. The summed E-state index contributed by atoms with van der Waals surface area (Å²) in [5.74, 6) is 1.54. The van der Waals surface area contributed by atoms with Gasteiger partial charge in [0, 0.05) is 22.9 Å². The number of ether oxygens (including phenoxy) is 1. The van der Waals surface area contributed by atoms with Crippen LogP contribution in [0.15, 0.2) is 24.3 Å². The van der Waals surface area contributed by atoms with Crippen molar-refractivity contribution in [3.05, 3.63) is 41.0 Å². The number of likely N-dealkylation sites (N-methyl/N-ethyl adjacent to an activating group) is 1. The van der Waals surface area contributed by atoms with Crippen LogP contribution in [0, 0.1) is 12.8 Å². The second kappa shape index (κ2) is 3.71. The molecule has 0 saturated carbocycles. The fraction of sp³-hybridized carbons (Fsp3) is 0.556. The predicted octanol–water partition coefficient (Wildman–Crippen LogP) is 1.80. The van der Waals surface area contributed by atoms with Crippen molar-refractivity contribution in [3.8, 4) is 5.75 Å². The summed E-state index contributed by atoms with van der Waals surface area (Å²) < 4.78 is 6.34. The Morgan fingerprint density at radius 3 is 3.05 bits per heavy atom. The third-order valence-electron chi connectivity index (χ3n) is 6.37. The lowest BCUT2D eigenvalue weighted by atomic mass is 9.53. The maximum absolute atomic E-state index is 10.5. The Kier molecular flexibility index (Phi) is 2.16. The van der Waals surface area contributed by atoms with Crippen LogP contribution in [0.3, 0.4) is 0 Å². The van der Waals surface area contributed by atoms with Crippen LogP contribution in [-0.4, -0.2) is 41.8 Å². The number of aryl methyl sites for hydroxylation is 1. The van der Waals surface area contributed by atoms with Crippen LogP contribution in [0.1, 0.15) is 23.1 Å². The Balaban J connectivity index is 1.84. The van der Waals surface area contributed by atoms with E-state index < -0.39 is 6.10 Å². The first-order valence-electron chi connectivity index (χ1n) is 7.99. The number of piperidine rings is 1. The first-order chi connectivity index (χ1) is 10.1. The average Bonchev–Trinajstić information content (AvgIpc) is 2.83. The van der Waals surface area contributed by atoms with Crippen LogP contribution in [-0.2, 0) is 11.8 Å². The molecule has 0 unspecified atom stereocenters. The van der Waals surface area contributed by atoms with E-state index in [1.807, 2.05) is 6.08 Å². The zero-order valence-electron chi connectivity index (χ0n) is 12.5. The van der Waals surface area contributed by atoms with Crippen molar-refractivity contribution >= 4 is 0 Å². The van der Waals surface area contributed by atoms with Crippen LogP contribution in [0.2, 0.25) is 0 Å². The van der Waals surface area contributed by atoms with Crippen molar-refractivity contribution in [1.82, 2.24) is 4.90 Å². The van der Waals surface area contributed by atoms with E-state index in [0.717, 1.165) is 25.1 Å². The molecule has 0 radical (unpaired) electrons. The fourth-order valence-electron chi connectivity index (χ4n) is 5.39. The highest BCUT2D eigenvalue weighted by atomic mass is 16.5. The molecule has 1 fully saturated rings. The molecule has 2 aliphatic heterocycles. The van der Waals surface area contributed by atoms with Gasteiger partial charge in [0.2, 0.25) is 0 Å². The van der Waals surface area contributed by atoms with Crippen LogP contribution >= 0.6 is 0 Å². The maximum Gasteiger partial charge on any atom is 0.138 e. The van der Waals surface area contributed by atoms with Crippen LogP contribution < -0.4 is 4.74 Å². The van der Waals surface area contributed by atoms with E-state index in [1.54, 1.807) is 0 Å². The van der Waals surface area contributed by atoms with E-state index in [4.69, 9.17) is 4.74 Å². The minimum atomic E-state index is -0.483. The first-order valence-corrected chi connectivity index (χ1v) is 7.99. The van der Waals surface area contributed by atoms with Crippen molar-refractivity contribution < 1.29 is 9.84 Å². The number of rotatable bonds is 0. The monoisotopic (exact) mass is 283 g/mol. The molecule has 1 aromatic carbocycles. The Morgan fingerprint density at radius 1 is 1.33 bits per heavy atom. The lowest BCUT2D eigenvalue weighted by molar-refractivity contribution is -0.0451. The molecule has 1 saturated heterocycles. The lowest BCUT2D eigenvalue weighted by Gasteiger charge is -2.56. The van der Waals surface area contributed by atoms with E-state index >= 15 is 0 Å². The van der Waals surface area contributed by atoms with Gasteiger partial charge < -0.3 is 14.7 Å². The number of nitrogens with zero attached hydrogens (tertiary/aromatic N) is 1. The normalized spacial score (nSPS) is 42.6. The topological polar surface area (TPSA) is 32.7 Å². The summed E-state index contributed by atoms with van der Waals surface area (Å²) >= 11 is 0. The number of likely N-dealkylation sites (tertiary alicyclic amines) is 1. The Bertz CT molecular complexity index is 667. The number of benzene rings is 1. The van der Waals surface area contributed by atoms with E-state index in [-0.39, 0.29) is 11.5 Å². The van der Waals surface area contributed by atoms with Gasteiger partial charge in [-0.05, 0) is 44.5 Å². The molecule has 110 valence electrons. The predicted molar refractivity (Wildman–Crippen MR) is 80.6 cm³/mol. The number of hydrogen-bond donors (Lipinski definition) is 1. The van der Waals surface area contributed by atoms with Gasteiger partial charge >= 0.3 is 0 Å². The van der Waals surface area contributed by atoms with Crippen LogP contribution in [0.5, 0.6) is 5.75 Å². The second-order valence-electron chi connectivity index (χ2n) is 7.23. The van der Waals surface area contributed by atoms with Crippen molar-refractivity contribution in [2.75, 3.05) is 13.6 Å². The highest BCUT2D eigenvalue weighted by Gasteiger charge is 2.63. The van der Waals surface area contributed by atoms with Crippen LogP contribution in [0.25, 0.3) is 0 Å². The first kappa shape index (κ1) is 12.2. The molecule has 3 nitrogen and oxygen atoms in total. The molecule has 0 amide bonds. The van der Waals surface area contributed by atoms with Gasteiger partial charge in [0.05, 0.1) is 0 Å². The van der Waals surface area contributed by atoms with Gasteiger partial charge in [0.15, 0.2) is 0 Å². The minimum Gasteiger partial charge on any atom is -0.486 e. The highest BCUT2D eigenvalue weighted by Crippen LogP contribution is 2.61. The highest BCUT2D eigenvalue weighted by molar-refractivity contribution is 5.59. The molecule has 1 N–H and O–H groups in total. The SMILES string of the molecule is Cc1ccc2c3c1O[C@H]1[C@@H](O)C=C[C@H]4[C@@H](C2)N(C)CC[C@@]341. The number of aliphatic hydroxyl groups is 1. The molecule has 21 heavy (non-hydrogen) atoms. The van der Waals surface area contributed by atoms with E-state index in [1.165, 1.54) is 16.7 Å². The molecule has 2 aliphatic carbocycles. The molecule has 2 bridgehead atoms. The summed E-state index contributed by atoms with van der Waals surface area (Å²) in [4.78, 5) is 2.50. The summed E-state index contributed by atoms with van der Waals surface area (Å²) in [5, 5.41) is 10.5. The van der Waals surface area contributed by atoms with Crippen molar-refractivity contribution in [2.45, 2.75) is 43.4 Å². The summed E-state index contributed by atoms with van der Waals surface area (Å²) in [6.07, 6.45) is 5.83. The molecule has 1 spiro atoms. The van der Waals surface area contributed by atoms with Gasteiger partial charge in [0.25, 0.3) is 0 Å². The molecule has 3 heteroatoms. The molecule has 5 atom stereocenters. The second-order valence-corrected chi connectivity index (χ2v) is 7.23. The summed E-state index contributed by atoms with van der Waals surface area (Å²) in [5.41, 5.74) is 4.07. The minimum absolute atomic E-state index is 0.000278. The third-order valence-corrected chi connectivity index (χ3v) is 6.37. The molecule has 4 aliphatic rings. The largest absolute Gasteiger partial charge is 0.486 e. The standard InChI is InChI=1S/C18H21NO2/c1-10-3-4-11-9-13-12-5-6-14(20)17-18(12,7-8-19(13)2)15(11)16(10)21-17/h3-6,12-14,17,20H,7-9H2,1-2H3/t12-,13+,14-,17-,18-/m0/s1. The number of aliphatic hydroxyl groups excluding tert-OH is 1. The Morgan fingerprint density at radius 2 is 2.19 bits per heavy atom. The Labute approximate surface area is 125 Å². The van der Waals surface area contributed by atoms with Gasteiger partial charge in [-0.15, -0.1) is 0 Å². The van der Waals surface area contributed by atoms with E-state index in [9.17, 15) is 5.11 Å². The summed E-state index contributed by atoms with van der Waals surface area (Å²) in [6.45, 7) is 3.22. The zero-order valence-corrected chi connectivity index (χ0v) is 12.5. The number of hydrogen-bond acceptors (Lipinski definition) is 3. The van der Waals surface area contributed by atoms with Crippen molar-refractivity contribution in [2.24, 2.45) is 5.92 Å². The summed E-state index contributed by atoms with van der Waals surface area (Å²) in [6, 6.07) is 5.00. The quantitative estimate of drug-likeness (QED) is 0.737. The van der Waals surface area contributed by atoms with Crippen molar-refractivity contribution in [3.63, 3.8) is 0 Å². The third kappa shape index (κ3) is 1.24. The zero-order chi connectivity index (χ0) is 14.4. The van der Waals surface area contributed by atoms with E-state index in [0.29, 0.717) is 12.0 Å². The van der Waals surface area contributed by atoms with Gasteiger partial charge in [-0.25, -0.2) is 0 Å². The molecular weight excluding hydrogens is 262 g/mol. The van der Waals surface area contributed by atoms with Gasteiger partial charge in [-0.2, -0.15) is 0 Å². The van der Waals surface area contributed by atoms with E-state index in [2.05, 4.69) is 37.1 Å². The average molecular weight is 283 g/mol. The molecule has 5 rings (SSSR count). The molecule has 1 aromatic rings.